The molecule has 32 heavy (non-hydrogen) atoms. The van der Waals surface area contributed by atoms with Gasteiger partial charge in [-0.1, -0.05) is 48.5 Å². The lowest BCUT2D eigenvalue weighted by Gasteiger charge is -2.34. The maximum Gasteiger partial charge on any atom is 0.104 e. The number of likely N-dealkylation sites (N-methyl/N-ethyl adjacent to an activating group) is 1. The van der Waals surface area contributed by atoms with E-state index in [0.717, 1.165) is 32.5 Å². The third kappa shape index (κ3) is 5.09. The lowest BCUT2D eigenvalue weighted by molar-refractivity contribution is 0.0394. The summed E-state index contributed by atoms with van der Waals surface area (Å²) >= 11 is 0. The van der Waals surface area contributed by atoms with Crippen LogP contribution >= 0.6 is 0 Å². The molecule has 2 heterocycles. The molecule has 1 aliphatic heterocycles. The van der Waals surface area contributed by atoms with Crippen molar-refractivity contribution < 1.29 is 5.11 Å². The van der Waals surface area contributed by atoms with Gasteiger partial charge < -0.3 is 10.4 Å². The first-order valence-corrected chi connectivity index (χ1v) is 11.7. The van der Waals surface area contributed by atoms with E-state index in [4.69, 9.17) is 0 Å². The molecule has 168 valence electrons. The van der Waals surface area contributed by atoms with E-state index in [9.17, 15) is 5.11 Å². The zero-order chi connectivity index (χ0) is 22.5. The second kappa shape index (κ2) is 10.4. The summed E-state index contributed by atoms with van der Waals surface area (Å²) < 4.78 is 0. The summed E-state index contributed by atoms with van der Waals surface area (Å²) in [5.41, 5.74) is 7.99. The molecule has 4 heteroatoms. The lowest BCUT2D eigenvalue weighted by Crippen LogP contribution is -2.34. The van der Waals surface area contributed by atoms with Crippen molar-refractivity contribution in [2.45, 2.75) is 44.8 Å². The largest absolute Gasteiger partial charge is 0.379 e. The summed E-state index contributed by atoms with van der Waals surface area (Å²) in [6.07, 6.45) is 5.51. The van der Waals surface area contributed by atoms with Gasteiger partial charge in [-0.15, -0.1) is 0 Å². The fourth-order valence-corrected chi connectivity index (χ4v) is 4.94. The highest BCUT2D eigenvalue weighted by Gasteiger charge is 2.29. The Hall–Kier alpha value is -2.53. The van der Waals surface area contributed by atoms with Crippen molar-refractivity contribution in [1.82, 2.24) is 15.2 Å². The fourth-order valence-electron chi connectivity index (χ4n) is 4.94. The van der Waals surface area contributed by atoms with Gasteiger partial charge in [-0.05, 0) is 85.6 Å². The molecule has 0 aliphatic carbocycles. The predicted octanol–water partition coefficient (Wildman–Crippen LogP) is 4.73. The summed E-state index contributed by atoms with van der Waals surface area (Å²) in [4.78, 5) is 6.35. The van der Waals surface area contributed by atoms with Crippen LogP contribution in [-0.2, 0) is 6.42 Å². The zero-order valence-electron chi connectivity index (χ0n) is 19.5. The van der Waals surface area contributed by atoms with E-state index in [0.29, 0.717) is 11.8 Å². The molecule has 4 rings (SSSR count). The Balaban J connectivity index is 1.60. The van der Waals surface area contributed by atoms with Crippen LogP contribution in [0.4, 0.5) is 0 Å². The van der Waals surface area contributed by atoms with Crippen molar-refractivity contribution in [3.63, 3.8) is 0 Å². The summed E-state index contributed by atoms with van der Waals surface area (Å²) in [5.74, 6) is 0.953. The number of benzene rings is 2. The van der Waals surface area contributed by atoms with Crippen molar-refractivity contribution >= 4 is 0 Å². The first kappa shape index (κ1) is 22.7. The Morgan fingerprint density at radius 1 is 1.12 bits per heavy atom. The molecule has 2 N–H and O–H groups in total. The number of aliphatic hydroxyl groups excluding tert-OH is 1. The molecule has 1 aliphatic rings. The highest BCUT2D eigenvalue weighted by Crippen LogP contribution is 2.39. The fraction of sp³-hybridized carbons (Fsp3) is 0.393. The quantitative estimate of drug-likeness (QED) is 0.533. The van der Waals surface area contributed by atoms with Crippen molar-refractivity contribution in [1.29, 1.82) is 0 Å². The van der Waals surface area contributed by atoms with Crippen LogP contribution in [0.25, 0.3) is 11.1 Å². The molecule has 0 saturated carbocycles. The van der Waals surface area contributed by atoms with Crippen molar-refractivity contribution in [3.8, 4) is 11.1 Å². The van der Waals surface area contributed by atoms with Gasteiger partial charge in [-0.2, -0.15) is 0 Å². The molecule has 2 aromatic carbocycles. The number of pyridine rings is 1. The molecule has 3 aromatic rings. The highest BCUT2D eigenvalue weighted by atomic mass is 16.3. The van der Waals surface area contributed by atoms with Gasteiger partial charge in [0, 0.05) is 31.4 Å². The molecule has 0 radical (unpaired) electrons. The SMILES string of the molecule is Cc1cc(-c2ccccc2CCN(C)C(C)O)ccc1C1CNCCC1c1cccnc1. The third-order valence-corrected chi connectivity index (χ3v) is 6.96. The number of rotatable bonds is 7. The molecule has 1 aromatic heterocycles. The standard InChI is InChI=1S/C28H35N3O/c1-20-17-23(26-9-5-4-7-22(26)13-16-31(3)21(2)32)10-11-25(20)28-19-30-15-12-27(28)24-8-6-14-29-18-24/h4-11,14,17-18,21,27-28,30,32H,12-13,15-16,19H2,1-3H3. The van der Waals surface area contributed by atoms with Crippen LogP contribution in [0.2, 0.25) is 0 Å². The Morgan fingerprint density at radius 2 is 1.97 bits per heavy atom. The Labute approximate surface area is 192 Å². The average Bonchev–Trinajstić information content (AvgIpc) is 2.83. The molecule has 0 amide bonds. The number of piperidine rings is 1. The topological polar surface area (TPSA) is 48.4 Å². The average molecular weight is 430 g/mol. The van der Waals surface area contributed by atoms with Gasteiger partial charge in [-0.25, -0.2) is 0 Å². The normalized spacial score (nSPS) is 19.8. The zero-order valence-corrected chi connectivity index (χ0v) is 19.5. The molecule has 1 fully saturated rings. The summed E-state index contributed by atoms with van der Waals surface area (Å²) in [6, 6.07) is 19.9. The maximum atomic E-state index is 9.80. The first-order valence-electron chi connectivity index (χ1n) is 11.7. The van der Waals surface area contributed by atoms with Crippen molar-refractivity contribution in [2.75, 3.05) is 26.7 Å². The summed E-state index contributed by atoms with van der Waals surface area (Å²) in [5, 5.41) is 13.4. The molecule has 4 nitrogen and oxygen atoms in total. The van der Waals surface area contributed by atoms with Crippen LogP contribution in [0, 0.1) is 6.92 Å². The monoisotopic (exact) mass is 429 g/mol. The third-order valence-electron chi connectivity index (χ3n) is 6.96. The maximum absolute atomic E-state index is 9.80. The molecule has 0 bridgehead atoms. The molecule has 1 saturated heterocycles. The van der Waals surface area contributed by atoms with Crippen molar-refractivity contribution in [2.24, 2.45) is 0 Å². The minimum Gasteiger partial charge on any atom is -0.379 e. The number of hydrogen-bond donors (Lipinski definition) is 2. The van der Waals surface area contributed by atoms with E-state index < -0.39 is 6.23 Å². The van der Waals surface area contributed by atoms with Crippen LogP contribution < -0.4 is 5.32 Å². The Bertz CT molecular complexity index is 1020. The minimum absolute atomic E-state index is 0.430. The number of aromatic nitrogens is 1. The molecule has 3 unspecified atom stereocenters. The highest BCUT2D eigenvalue weighted by molar-refractivity contribution is 5.69. The van der Waals surface area contributed by atoms with Gasteiger partial charge in [-0.3, -0.25) is 9.88 Å². The number of nitrogens with one attached hydrogen (secondary N) is 1. The molecular formula is C28H35N3O. The molecular weight excluding hydrogens is 394 g/mol. The summed E-state index contributed by atoms with van der Waals surface area (Å²) in [7, 11) is 1.96. The van der Waals surface area contributed by atoms with Crippen LogP contribution in [0.1, 0.15) is 47.4 Å². The van der Waals surface area contributed by atoms with E-state index in [2.05, 4.69) is 71.8 Å². The van der Waals surface area contributed by atoms with Crippen LogP contribution in [0.15, 0.2) is 67.0 Å². The second-order valence-corrected chi connectivity index (χ2v) is 9.08. The van der Waals surface area contributed by atoms with E-state index >= 15 is 0 Å². The van der Waals surface area contributed by atoms with Crippen LogP contribution in [-0.4, -0.2) is 47.9 Å². The number of nitrogens with zero attached hydrogens (tertiary/aromatic N) is 2. The van der Waals surface area contributed by atoms with Crippen LogP contribution in [0.3, 0.4) is 0 Å². The Morgan fingerprint density at radius 3 is 2.72 bits per heavy atom. The second-order valence-electron chi connectivity index (χ2n) is 9.08. The van der Waals surface area contributed by atoms with Crippen LogP contribution in [0.5, 0.6) is 0 Å². The lowest BCUT2D eigenvalue weighted by atomic mass is 9.76. The number of aliphatic hydroxyl groups is 1. The van der Waals surface area contributed by atoms with Gasteiger partial charge in [0.1, 0.15) is 6.23 Å². The molecule has 3 atom stereocenters. The smallest absolute Gasteiger partial charge is 0.104 e. The predicted molar refractivity (Wildman–Crippen MR) is 132 cm³/mol. The van der Waals surface area contributed by atoms with Crippen molar-refractivity contribution in [3.05, 3.63) is 89.2 Å². The van der Waals surface area contributed by atoms with E-state index in [1.807, 2.05) is 31.3 Å². The van der Waals surface area contributed by atoms with Gasteiger partial charge in [0.2, 0.25) is 0 Å². The van der Waals surface area contributed by atoms with E-state index in [1.54, 1.807) is 0 Å². The van der Waals surface area contributed by atoms with Gasteiger partial charge in [0.05, 0.1) is 0 Å². The van der Waals surface area contributed by atoms with Gasteiger partial charge >= 0.3 is 0 Å². The first-order chi connectivity index (χ1) is 15.5. The number of hydrogen-bond acceptors (Lipinski definition) is 4. The number of aryl methyl sites for hydroxylation is 1. The molecule has 0 spiro atoms. The summed E-state index contributed by atoms with van der Waals surface area (Å²) in [6.45, 7) is 6.94. The minimum atomic E-state index is -0.430. The van der Waals surface area contributed by atoms with E-state index in [1.165, 1.54) is 33.4 Å². The van der Waals surface area contributed by atoms with E-state index in [-0.39, 0.29) is 0 Å². The Kier molecular flexibility index (Phi) is 7.36. The van der Waals surface area contributed by atoms with Gasteiger partial charge in [0.15, 0.2) is 0 Å². The van der Waals surface area contributed by atoms with Gasteiger partial charge in [0.25, 0.3) is 0 Å².